The third-order valence-corrected chi connectivity index (χ3v) is 3.17. The Morgan fingerprint density at radius 2 is 2.24 bits per heavy atom. The summed E-state index contributed by atoms with van der Waals surface area (Å²) in [6.45, 7) is 0.697. The van der Waals surface area contributed by atoms with Gasteiger partial charge < -0.3 is 11.1 Å². The standard InChI is InChI=1S/C11H20N4OS/c1-17-7-5-3-2-4-6-13-11(16)9-8-14-15-10(9)12/h8H,2-7H2,1H3,(H,13,16)(H3,12,14,15). The fourth-order valence-corrected chi connectivity index (χ4v) is 1.99. The van der Waals surface area contributed by atoms with Crippen LogP contribution in [0.25, 0.3) is 0 Å². The molecule has 0 bridgehead atoms. The van der Waals surface area contributed by atoms with Crippen molar-refractivity contribution in [3.63, 3.8) is 0 Å². The molecule has 0 saturated carbocycles. The Bertz CT molecular complexity index is 340. The van der Waals surface area contributed by atoms with Gasteiger partial charge in [-0.1, -0.05) is 12.8 Å². The molecule has 5 nitrogen and oxygen atoms in total. The minimum absolute atomic E-state index is 0.152. The number of aromatic amines is 1. The number of unbranched alkanes of at least 4 members (excludes halogenated alkanes) is 3. The lowest BCUT2D eigenvalue weighted by molar-refractivity contribution is 0.0954. The molecule has 0 saturated heterocycles. The number of thioether (sulfide) groups is 1. The van der Waals surface area contributed by atoms with E-state index in [4.69, 9.17) is 5.73 Å². The van der Waals surface area contributed by atoms with Crippen LogP contribution in [0.5, 0.6) is 0 Å². The number of nitrogens with zero attached hydrogens (tertiary/aromatic N) is 1. The minimum Gasteiger partial charge on any atom is -0.383 e. The number of amides is 1. The van der Waals surface area contributed by atoms with E-state index in [1.54, 1.807) is 0 Å². The molecular weight excluding hydrogens is 236 g/mol. The molecule has 1 aromatic rings. The van der Waals surface area contributed by atoms with Crippen LogP contribution < -0.4 is 11.1 Å². The van der Waals surface area contributed by atoms with E-state index in [9.17, 15) is 4.79 Å². The van der Waals surface area contributed by atoms with Crippen molar-refractivity contribution in [3.05, 3.63) is 11.8 Å². The van der Waals surface area contributed by atoms with E-state index in [1.807, 2.05) is 11.8 Å². The predicted octanol–water partition coefficient (Wildman–Crippen LogP) is 1.65. The molecule has 0 aliphatic heterocycles. The van der Waals surface area contributed by atoms with Crippen LogP contribution >= 0.6 is 11.8 Å². The van der Waals surface area contributed by atoms with Crippen LogP contribution in [0.15, 0.2) is 6.20 Å². The Labute approximate surface area is 106 Å². The molecule has 1 rings (SSSR count). The van der Waals surface area contributed by atoms with Crippen LogP contribution in [0.4, 0.5) is 5.82 Å². The van der Waals surface area contributed by atoms with Crippen molar-refractivity contribution in [1.82, 2.24) is 15.5 Å². The molecule has 17 heavy (non-hydrogen) atoms. The zero-order chi connectivity index (χ0) is 12.5. The SMILES string of the molecule is CSCCCCCCNC(=O)c1cn[nH]c1N. The van der Waals surface area contributed by atoms with Crippen molar-refractivity contribution < 1.29 is 4.79 Å². The van der Waals surface area contributed by atoms with E-state index < -0.39 is 0 Å². The van der Waals surface area contributed by atoms with Crippen LogP contribution in [0.1, 0.15) is 36.0 Å². The lowest BCUT2D eigenvalue weighted by atomic mass is 10.2. The smallest absolute Gasteiger partial charge is 0.256 e. The molecule has 0 aliphatic carbocycles. The van der Waals surface area contributed by atoms with Gasteiger partial charge in [-0.25, -0.2) is 0 Å². The third kappa shape index (κ3) is 5.12. The number of carbonyl (C=O) groups excluding carboxylic acids is 1. The predicted molar refractivity (Wildman–Crippen MR) is 72.2 cm³/mol. The van der Waals surface area contributed by atoms with Crippen molar-refractivity contribution in [2.75, 3.05) is 24.3 Å². The van der Waals surface area contributed by atoms with Crippen molar-refractivity contribution in [2.45, 2.75) is 25.7 Å². The summed E-state index contributed by atoms with van der Waals surface area (Å²) in [5.74, 6) is 1.39. The first-order valence-electron chi connectivity index (χ1n) is 5.81. The molecule has 96 valence electrons. The highest BCUT2D eigenvalue weighted by Gasteiger charge is 2.09. The van der Waals surface area contributed by atoms with Crippen LogP contribution in [-0.2, 0) is 0 Å². The Morgan fingerprint density at radius 1 is 1.47 bits per heavy atom. The van der Waals surface area contributed by atoms with Crippen molar-refractivity contribution in [3.8, 4) is 0 Å². The summed E-state index contributed by atoms with van der Waals surface area (Å²) in [5, 5.41) is 9.08. The average molecular weight is 256 g/mol. The van der Waals surface area contributed by atoms with Gasteiger partial charge in [0.1, 0.15) is 11.4 Å². The minimum atomic E-state index is -0.152. The molecule has 0 radical (unpaired) electrons. The maximum Gasteiger partial charge on any atom is 0.256 e. The van der Waals surface area contributed by atoms with E-state index in [1.165, 1.54) is 24.8 Å². The number of hydrogen-bond donors (Lipinski definition) is 3. The first-order valence-corrected chi connectivity index (χ1v) is 7.21. The van der Waals surface area contributed by atoms with Gasteiger partial charge in [0.25, 0.3) is 5.91 Å². The molecule has 0 atom stereocenters. The van der Waals surface area contributed by atoms with Gasteiger partial charge in [-0.15, -0.1) is 0 Å². The zero-order valence-electron chi connectivity index (χ0n) is 10.2. The van der Waals surface area contributed by atoms with E-state index in [0.29, 0.717) is 17.9 Å². The summed E-state index contributed by atoms with van der Waals surface area (Å²) < 4.78 is 0. The molecule has 6 heteroatoms. The zero-order valence-corrected chi connectivity index (χ0v) is 11.0. The fourth-order valence-electron chi connectivity index (χ4n) is 1.50. The van der Waals surface area contributed by atoms with Gasteiger partial charge in [0.05, 0.1) is 6.20 Å². The van der Waals surface area contributed by atoms with E-state index >= 15 is 0 Å². The van der Waals surface area contributed by atoms with Gasteiger partial charge >= 0.3 is 0 Å². The van der Waals surface area contributed by atoms with Crippen molar-refractivity contribution >= 4 is 23.5 Å². The maximum atomic E-state index is 11.6. The van der Waals surface area contributed by atoms with Crippen molar-refractivity contribution in [2.24, 2.45) is 0 Å². The molecule has 1 amide bonds. The average Bonchev–Trinajstić information content (AvgIpc) is 2.74. The van der Waals surface area contributed by atoms with Gasteiger partial charge in [-0.3, -0.25) is 9.89 Å². The fraction of sp³-hybridized carbons (Fsp3) is 0.636. The van der Waals surface area contributed by atoms with E-state index in [-0.39, 0.29) is 5.91 Å². The number of carbonyl (C=O) groups is 1. The van der Waals surface area contributed by atoms with E-state index in [2.05, 4.69) is 21.8 Å². The van der Waals surface area contributed by atoms with E-state index in [0.717, 1.165) is 12.8 Å². The lowest BCUT2D eigenvalue weighted by Gasteiger charge is -2.04. The van der Waals surface area contributed by atoms with Gasteiger partial charge in [-0.05, 0) is 24.9 Å². The second-order valence-corrected chi connectivity index (χ2v) is 4.85. The monoisotopic (exact) mass is 256 g/mol. The summed E-state index contributed by atoms with van der Waals surface area (Å²) >= 11 is 1.88. The second-order valence-electron chi connectivity index (χ2n) is 3.86. The number of nitrogens with two attached hydrogens (primary N) is 1. The van der Waals surface area contributed by atoms with Crippen molar-refractivity contribution in [1.29, 1.82) is 0 Å². The topological polar surface area (TPSA) is 83.8 Å². The summed E-state index contributed by atoms with van der Waals surface area (Å²) in [4.78, 5) is 11.6. The highest BCUT2D eigenvalue weighted by molar-refractivity contribution is 7.98. The molecule has 0 unspecified atom stereocenters. The second kappa shape index (κ2) is 8.00. The molecule has 1 heterocycles. The number of H-pyrrole nitrogens is 1. The Hall–Kier alpha value is -1.17. The first-order chi connectivity index (χ1) is 8.25. The van der Waals surface area contributed by atoms with Gasteiger partial charge in [-0.2, -0.15) is 16.9 Å². The molecular formula is C11H20N4OS. The lowest BCUT2D eigenvalue weighted by Crippen LogP contribution is -2.24. The molecule has 0 aliphatic rings. The number of aromatic nitrogens is 2. The quantitative estimate of drug-likeness (QED) is 0.617. The molecule has 0 aromatic carbocycles. The van der Waals surface area contributed by atoms with Gasteiger partial charge in [0.15, 0.2) is 0 Å². The number of rotatable bonds is 8. The molecule has 0 spiro atoms. The van der Waals surface area contributed by atoms with Crippen LogP contribution in [0.3, 0.4) is 0 Å². The summed E-state index contributed by atoms with van der Waals surface area (Å²) in [6.07, 6.45) is 8.21. The largest absolute Gasteiger partial charge is 0.383 e. The Kier molecular flexibility index (Phi) is 6.54. The Morgan fingerprint density at radius 3 is 2.88 bits per heavy atom. The number of nitrogen functional groups attached to an aromatic ring is 1. The maximum absolute atomic E-state index is 11.6. The summed E-state index contributed by atoms with van der Waals surface area (Å²) in [6, 6.07) is 0. The summed E-state index contributed by atoms with van der Waals surface area (Å²) in [5.41, 5.74) is 5.97. The first kappa shape index (κ1) is 13.9. The van der Waals surface area contributed by atoms with Gasteiger partial charge in [0.2, 0.25) is 0 Å². The highest BCUT2D eigenvalue weighted by Crippen LogP contribution is 2.06. The highest BCUT2D eigenvalue weighted by atomic mass is 32.2. The molecule has 4 N–H and O–H groups in total. The van der Waals surface area contributed by atoms with Gasteiger partial charge in [0, 0.05) is 6.54 Å². The molecule has 1 aromatic heterocycles. The number of hydrogen-bond acceptors (Lipinski definition) is 4. The van der Waals surface area contributed by atoms with Crippen LogP contribution in [-0.4, -0.2) is 34.7 Å². The number of anilines is 1. The summed E-state index contributed by atoms with van der Waals surface area (Å²) in [7, 11) is 0. The Balaban J connectivity index is 2.07. The van der Waals surface area contributed by atoms with Crippen LogP contribution in [0.2, 0.25) is 0 Å². The van der Waals surface area contributed by atoms with Crippen LogP contribution in [0, 0.1) is 0 Å². The normalized spacial score (nSPS) is 10.4. The third-order valence-electron chi connectivity index (χ3n) is 2.47. The number of nitrogens with one attached hydrogen (secondary N) is 2. The molecule has 0 fully saturated rings.